The highest BCUT2D eigenvalue weighted by Crippen LogP contribution is 2.22. The van der Waals surface area contributed by atoms with Gasteiger partial charge in [-0.25, -0.2) is 0 Å². The molecule has 0 aromatic heterocycles. The third-order valence-corrected chi connectivity index (χ3v) is 6.35. The lowest BCUT2D eigenvalue weighted by Crippen LogP contribution is -2.52. The number of hydrogen-bond acceptors (Lipinski definition) is 3. The van der Waals surface area contributed by atoms with E-state index in [1.807, 2.05) is 75.4 Å². The Kier molecular flexibility index (Phi) is 9.75. The molecule has 5 nitrogen and oxygen atoms in total. The first-order valence-corrected chi connectivity index (χ1v) is 12.7. The van der Waals surface area contributed by atoms with E-state index in [1.54, 1.807) is 23.1 Å². The first-order valence-electron chi connectivity index (χ1n) is 11.5. The summed E-state index contributed by atoms with van der Waals surface area (Å²) in [6, 6.07) is 21.9. The number of hydrogen-bond donors (Lipinski definition) is 1. The molecule has 0 spiro atoms. The van der Waals surface area contributed by atoms with Gasteiger partial charge in [-0.15, -0.1) is 0 Å². The number of nitrogens with zero attached hydrogens (tertiary/aromatic N) is 1. The van der Waals surface area contributed by atoms with Crippen molar-refractivity contribution in [3.05, 3.63) is 99.0 Å². The van der Waals surface area contributed by atoms with Gasteiger partial charge in [-0.05, 0) is 67.8 Å². The molecule has 1 atom stereocenters. The van der Waals surface area contributed by atoms with Crippen molar-refractivity contribution in [2.75, 3.05) is 6.61 Å². The fraction of sp³-hybridized carbons (Fsp3) is 0.286. The number of nitrogens with one attached hydrogen (secondary N) is 1. The summed E-state index contributed by atoms with van der Waals surface area (Å²) < 4.78 is 6.72. The zero-order valence-electron chi connectivity index (χ0n) is 20.1. The number of ether oxygens (including phenoxy) is 1. The molecule has 0 aliphatic carbocycles. The lowest BCUT2D eigenvalue weighted by molar-refractivity contribution is -0.143. The van der Waals surface area contributed by atoms with Gasteiger partial charge in [0.1, 0.15) is 11.8 Å². The van der Waals surface area contributed by atoms with Crippen molar-refractivity contribution in [3.8, 4) is 5.75 Å². The minimum atomic E-state index is -0.707. The molecule has 2 amide bonds. The van der Waals surface area contributed by atoms with Crippen molar-refractivity contribution in [1.82, 2.24) is 10.2 Å². The minimum absolute atomic E-state index is 0.0584. The molecule has 3 rings (SSSR count). The first-order chi connectivity index (χ1) is 16.7. The molecule has 35 heavy (non-hydrogen) atoms. The zero-order chi connectivity index (χ0) is 25.4. The molecule has 3 aromatic carbocycles. The van der Waals surface area contributed by atoms with Crippen LogP contribution in [0.3, 0.4) is 0 Å². The summed E-state index contributed by atoms with van der Waals surface area (Å²) in [5, 5.41) is 3.62. The van der Waals surface area contributed by atoms with Gasteiger partial charge in [-0.3, -0.25) is 9.59 Å². The number of rotatable bonds is 10. The van der Waals surface area contributed by atoms with Gasteiger partial charge in [0.15, 0.2) is 6.61 Å². The molecule has 7 heteroatoms. The van der Waals surface area contributed by atoms with Crippen LogP contribution in [0.15, 0.2) is 77.3 Å². The van der Waals surface area contributed by atoms with Crippen molar-refractivity contribution in [2.24, 2.45) is 0 Å². The monoisotopic (exact) mass is 556 g/mol. The Morgan fingerprint density at radius 2 is 1.71 bits per heavy atom. The average molecular weight is 558 g/mol. The van der Waals surface area contributed by atoms with Crippen LogP contribution in [0.1, 0.15) is 30.5 Å². The van der Waals surface area contributed by atoms with Crippen LogP contribution in [-0.2, 0) is 22.6 Å². The van der Waals surface area contributed by atoms with Crippen molar-refractivity contribution < 1.29 is 14.3 Å². The van der Waals surface area contributed by atoms with Crippen LogP contribution in [0.25, 0.3) is 0 Å². The van der Waals surface area contributed by atoms with E-state index in [0.29, 0.717) is 17.2 Å². The largest absolute Gasteiger partial charge is 0.484 e. The van der Waals surface area contributed by atoms with E-state index in [9.17, 15) is 9.59 Å². The van der Waals surface area contributed by atoms with E-state index in [0.717, 1.165) is 21.2 Å². The molecule has 0 saturated carbocycles. The van der Waals surface area contributed by atoms with Crippen LogP contribution in [0, 0.1) is 6.92 Å². The van der Waals surface area contributed by atoms with E-state index < -0.39 is 6.04 Å². The standard InChI is InChI=1S/C28H30BrClN2O3/c1-19(2)31-28(34)26(16-21-8-5-4-6-9-21)32(17-22-10-7-11-23(29)15-22)27(33)18-35-24-12-13-25(30)20(3)14-24/h4-15,19,26H,16-18H2,1-3H3,(H,31,34). The number of carbonyl (C=O) groups excluding carboxylic acids is 2. The summed E-state index contributed by atoms with van der Waals surface area (Å²) >= 11 is 9.61. The Hall–Kier alpha value is -2.83. The van der Waals surface area contributed by atoms with Gasteiger partial charge in [0.05, 0.1) is 0 Å². The fourth-order valence-electron chi connectivity index (χ4n) is 3.70. The molecule has 0 heterocycles. The third kappa shape index (κ3) is 8.11. The second-order valence-electron chi connectivity index (χ2n) is 8.72. The summed E-state index contributed by atoms with van der Waals surface area (Å²) in [6.45, 7) is 5.76. The molecule has 0 bridgehead atoms. The maximum absolute atomic E-state index is 13.6. The first kappa shape index (κ1) is 26.8. The topological polar surface area (TPSA) is 58.6 Å². The van der Waals surface area contributed by atoms with E-state index in [2.05, 4.69) is 21.2 Å². The highest BCUT2D eigenvalue weighted by atomic mass is 79.9. The van der Waals surface area contributed by atoms with Crippen molar-refractivity contribution in [2.45, 2.75) is 45.8 Å². The molecular weight excluding hydrogens is 528 g/mol. The highest BCUT2D eigenvalue weighted by Gasteiger charge is 2.31. The van der Waals surface area contributed by atoms with Gasteiger partial charge >= 0.3 is 0 Å². The van der Waals surface area contributed by atoms with Crippen LogP contribution < -0.4 is 10.1 Å². The molecule has 0 aliphatic heterocycles. The molecule has 3 aromatic rings. The predicted octanol–water partition coefficient (Wildman–Crippen LogP) is 5.95. The summed E-state index contributed by atoms with van der Waals surface area (Å²) in [6.07, 6.45) is 0.388. The van der Waals surface area contributed by atoms with Crippen LogP contribution >= 0.6 is 27.5 Å². The molecule has 184 valence electrons. The minimum Gasteiger partial charge on any atom is -0.484 e. The quantitative estimate of drug-likeness (QED) is 0.335. The second kappa shape index (κ2) is 12.8. The van der Waals surface area contributed by atoms with Gasteiger partial charge < -0.3 is 15.0 Å². The molecule has 1 unspecified atom stereocenters. The summed E-state index contributed by atoms with van der Waals surface area (Å²) in [5.41, 5.74) is 2.74. The lowest BCUT2D eigenvalue weighted by atomic mass is 10.0. The van der Waals surface area contributed by atoms with Crippen LogP contribution in [0.4, 0.5) is 0 Å². The smallest absolute Gasteiger partial charge is 0.261 e. The normalized spacial score (nSPS) is 11.7. The van der Waals surface area contributed by atoms with Crippen molar-refractivity contribution >= 4 is 39.3 Å². The lowest BCUT2D eigenvalue weighted by Gasteiger charge is -2.32. The Labute approximate surface area is 220 Å². The molecule has 0 fully saturated rings. The Balaban J connectivity index is 1.91. The molecule has 0 aliphatic rings. The van der Waals surface area contributed by atoms with Gasteiger partial charge in [-0.2, -0.15) is 0 Å². The van der Waals surface area contributed by atoms with Crippen molar-refractivity contribution in [1.29, 1.82) is 0 Å². The van der Waals surface area contributed by atoms with E-state index in [4.69, 9.17) is 16.3 Å². The number of aryl methyl sites for hydroxylation is 1. The van der Waals surface area contributed by atoms with Gasteiger partial charge in [0.2, 0.25) is 5.91 Å². The van der Waals surface area contributed by atoms with Gasteiger partial charge in [0.25, 0.3) is 5.91 Å². The SMILES string of the molecule is Cc1cc(OCC(=O)N(Cc2cccc(Br)c2)C(Cc2ccccc2)C(=O)NC(C)C)ccc1Cl. The number of amides is 2. The number of carbonyl (C=O) groups is 2. The summed E-state index contributed by atoms with van der Waals surface area (Å²) in [4.78, 5) is 28.5. The number of benzene rings is 3. The van der Waals surface area contributed by atoms with Crippen LogP contribution in [0.2, 0.25) is 5.02 Å². The van der Waals surface area contributed by atoms with Crippen LogP contribution in [0.5, 0.6) is 5.75 Å². The van der Waals surface area contributed by atoms with E-state index in [1.165, 1.54) is 0 Å². The fourth-order valence-corrected chi connectivity index (χ4v) is 4.27. The van der Waals surface area contributed by atoms with Gasteiger partial charge in [0, 0.05) is 28.5 Å². The van der Waals surface area contributed by atoms with Gasteiger partial charge in [-0.1, -0.05) is 70.0 Å². The Morgan fingerprint density at radius 1 is 1.00 bits per heavy atom. The molecular formula is C28H30BrClN2O3. The Bertz CT molecular complexity index is 1150. The second-order valence-corrected chi connectivity index (χ2v) is 10.0. The van der Waals surface area contributed by atoms with E-state index in [-0.39, 0.29) is 31.0 Å². The Morgan fingerprint density at radius 3 is 2.37 bits per heavy atom. The average Bonchev–Trinajstić information content (AvgIpc) is 2.82. The van der Waals surface area contributed by atoms with E-state index >= 15 is 0 Å². The summed E-state index contributed by atoms with van der Waals surface area (Å²) in [5.74, 6) is 0.0702. The predicted molar refractivity (Wildman–Crippen MR) is 144 cm³/mol. The number of halogens is 2. The van der Waals surface area contributed by atoms with Crippen molar-refractivity contribution in [3.63, 3.8) is 0 Å². The molecule has 0 radical (unpaired) electrons. The molecule has 0 saturated heterocycles. The summed E-state index contributed by atoms with van der Waals surface area (Å²) in [7, 11) is 0. The molecule has 1 N–H and O–H groups in total. The third-order valence-electron chi connectivity index (χ3n) is 5.44. The van der Waals surface area contributed by atoms with Crippen LogP contribution in [-0.4, -0.2) is 35.4 Å². The highest BCUT2D eigenvalue weighted by molar-refractivity contribution is 9.10. The zero-order valence-corrected chi connectivity index (χ0v) is 22.5. The maximum Gasteiger partial charge on any atom is 0.261 e. The maximum atomic E-state index is 13.6.